The Bertz CT molecular complexity index is 948. The predicted molar refractivity (Wildman–Crippen MR) is 105 cm³/mol. The van der Waals surface area contributed by atoms with E-state index in [1.807, 2.05) is 0 Å². The number of thiazole rings is 1. The Morgan fingerprint density at radius 1 is 1.27 bits per heavy atom. The highest BCUT2D eigenvalue weighted by atomic mass is 35.5. The van der Waals surface area contributed by atoms with Crippen molar-refractivity contribution in [2.75, 3.05) is 11.2 Å². The Hall–Kier alpha value is -2.35. The monoisotopic (exact) mass is 410 g/mol. The van der Waals surface area contributed by atoms with Gasteiger partial charge in [0.1, 0.15) is 24.0 Å². The van der Waals surface area contributed by atoms with E-state index in [0.717, 1.165) is 0 Å². The smallest absolute Gasteiger partial charge is 0.205 e. The standard InChI is InChI=1S/C17H13Cl2FN4OS/c18-12-2-4-15(25-8-10-1-3-13(20)6-14(10)19)11(5-12)7-22-24-17-23-16(21)9-26-17/h1-7,9H,8,21H2,(H,23,24). The summed E-state index contributed by atoms with van der Waals surface area (Å²) in [4.78, 5) is 4.04. The van der Waals surface area contributed by atoms with Gasteiger partial charge >= 0.3 is 0 Å². The van der Waals surface area contributed by atoms with Crippen LogP contribution in [0.1, 0.15) is 11.1 Å². The van der Waals surface area contributed by atoms with Gasteiger partial charge in [-0.05, 0) is 30.3 Å². The minimum Gasteiger partial charge on any atom is -0.488 e. The van der Waals surface area contributed by atoms with E-state index in [9.17, 15) is 4.39 Å². The SMILES string of the molecule is Nc1csc(NN=Cc2cc(Cl)ccc2OCc2ccc(F)cc2Cl)n1. The summed E-state index contributed by atoms with van der Waals surface area (Å²) in [5, 5.41) is 7.23. The number of nitrogens with zero attached hydrogens (tertiary/aromatic N) is 2. The second-order valence-electron chi connectivity index (χ2n) is 5.15. The van der Waals surface area contributed by atoms with Crippen LogP contribution >= 0.6 is 34.5 Å². The Morgan fingerprint density at radius 2 is 2.12 bits per heavy atom. The van der Waals surface area contributed by atoms with Gasteiger partial charge in [0.05, 0.1) is 11.2 Å². The maximum Gasteiger partial charge on any atom is 0.205 e. The van der Waals surface area contributed by atoms with Gasteiger partial charge in [-0.25, -0.2) is 9.37 Å². The molecule has 0 spiro atoms. The van der Waals surface area contributed by atoms with Gasteiger partial charge in [-0.1, -0.05) is 29.3 Å². The number of aromatic nitrogens is 1. The Balaban J connectivity index is 1.72. The number of nitrogen functional groups attached to an aromatic ring is 1. The van der Waals surface area contributed by atoms with Gasteiger partial charge in [-0.15, -0.1) is 11.3 Å². The first-order valence-corrected chi connectivity index (χ1v) is 9.01. The molecule has 1 aromatic heterocycles. The molecule has 134 valence electrons. The molecule has 9 heteroatoms. The lowest BCUT2D eigenvalue weighted by Crippen LogP contribution is -2.00. The summed E-state index contributed by atoms with van der Waals surface area (Å²) in [5.41, 5.74) is 9.67. The van der Waals surface area contributed by atoms with Gasteiger partial charge in [0.15, 0.2) is 0 Å². The molecule has 26 heavy (non-hydrogen) atoms. The van der Waals surface area contributed by atoms with Gasteiger partial charge in [-0.3, -0.25) is 5.43 Å². The Kier molecular flexibility index (Phi) is 5.92. The summed E-state index contributed by atoms with van der Waals surface area (Å²) in [5.74, 6) is 0.585. The van der Waals surface area contributed by atoms with Crippen LogP contribution in [0.25, 0.3) is 0 Å². The van der Waals surface area contributed by atoms with E-state index in [-0.39, 0.29) is 6.61 Å². The molecule has 3 aromatic rings. The molecule has 1 heterocycles. The number of ether oxygens (including phenoxy) is 1. The summed E-state index contributed by atoms with van der Waals surface area (Å²) in [6.07, 6.45) is 1.56. The van der Waals surface area contributed by atoms with Crippen molar-refractivity contribution in [2.45, 2.75) is 6.61 Å². The second kappa shape index (κ2) is 8.35. The third-order valence-electron chi connectivity index (χ3n) is 3.26. The number of benzene rings is 2. The average molecular weight is 411 g/mol. The maximum atomic E-state index is 13.1. The van der Waals surface area contributed by atoms with Gasteiger partial charge in [-0.2, -0.15) is 5.10 Å². The van der Waals surface area contributed by atoms with Crippen molar-refractivity contribution >= 4 is 51.7 Å². The van der Waals surface area contributed by atoms with Gasteiger partial charge in [0.2, 0.25) is 5.13 Å². The number of rotatable bonds is 6. The Labute approximate surface area is 163 Å². The minimum absolute atomic E-state index is 0.179. The topological polar surface area (TPSA) is 72.5 Å². The van der Waals surface area contributed by atoms with Gasteiger partial charge in [0, 0.05) is 21.5 Å². The molecular weight excluding hydrogens is 398 g/mol. The lowest BCUT2D eigenvalue weighted by Gasteiger charge is -2.10. The van der Waals surface area contributed by atoms with E-state index in [1.165, 1.54) is 23.5 Å². The number of halogens is 3. The fraction of sp³-hybridized carbons (Fsp3) is 0.0588. The summed E-state index contributed by atoms with van der Waals surface area (Å²) >= 11 is 13.4. The Morgan fingerprint density at radius 3 is 2.85 bits per heavy atom. The molecule has 0 unspecified atom stereocenters. The zero-order valence-electron chi connectivity index (χ0n) is 13.2. The molecule has 3 N–H and O–H groups in total. The second-order valence-corrected chi connectivity index (χ2v) is 6.86. The van der Waals surface area contributed by atoms with Gasteiger partial charge < -0.3 is 10.5 Å². The summed E-state index contributed by atoms with van der Waals surface area (Å²) in [6.45, 7) is 0.179. The maximum absolute atomic E-state index is 13.1. The van der Waals surface area contributed by atoms with E-state index in [0.29, 0.717) is 37.9 Å². The molecule has 0 fully saturated rings. The summed E-state index contributed by atoms with van der Waals surface area (Å²) in [6, 6.07) is 9.30. The van der Waals surface area contributed by atoms with Crippen molar-refractivity contribution < 1.29 is 9.13 Å². The number of hydrogen-bond acceptors (Lipinski definition) is 6. The van der Waals surface area contributed by atoms with Crippen LogP contribution in [0, 0.1) is 5.82 Å². The molecule has 0 saturated heterocycles. The lowest BCUT2D eigenvalue weighted by atomic mass is 10.2. The first-order chi connectivity index (χ1) is 12.5. The molecule has 2 aromatic carbocycles. The normalized spacial score (nSPS) is 11.0. The number of hydrazone groups is 1. The molecule has 0 bridgehead atoms. The highest BCUT2D eigenvalue weighted by Gasteiger charge is 2.07. The van der Waals surface area contributed by atoms with Crippen LogP contribution < -0.4 is 15.9 Å². The van der Waals surface area contributed by atoms with Crippen molar-refractivity contribution in [1.29, 1.82) is 0 Å². The fourth-order valence-electron chi connectivity index (χ4n) is 2.04. The first-order valence-electron chi connectivity index (χ1n) is 7.37. The largest absolute Gasteiger partial charge is 0.488 e. The van der Waals surface area contributed by atoms with E-state index in [2.05, 4.69) is 15.5 Å². The molecule has 3 rings (SSSR count). The zero-order chi connectivity index (χ0) is 18.5. The molecule has 0 radical (unpaired) electrons. The number of nitrogens with two attached hydrogens (primary N) is 1. The van der Waals surface area contributed by atoms with Crippen LogP contribution in [0.4, 0.5) is 15.3 Å². The van der Waals surface area contributed by atoms with Crippen LogP contribution in [-0.4, -0.2) is 11.2 Å². The quantitative estimate of drug-likeness (QED) is 0.432. The van der Waals surface area contributed by atoms with Crippen LogP contribution in [0.5, 0.6) is 5.75 Å². The molecule has 5 nitrogen and oxygen atoms in total. The van der Waals surface area contributed by atoms with Crippen molar-refractivity contribution in [3.63, 3.8) is 0 Å². The molecule has 0 aliphatic rings. The summed E-state index contributed by atoms with van der Waals surface area (Å²) < 4.78 is 18.9. The molecular formula is C17H13Cl2FN4OS. The number of nitrogens with one attached hydrogen (secondary N) is 1. The molecule has 0 aliphatic heterocycles. The number of hydrogen-bond donors (Lipinski definition) is 2. The predicted octanol–water partition coefficient (Wildman–Crippen LogP) is 5.20. The van der Waals surface area contributed by atoms with E-state index < -0.39 is 5.82 Å². The van der Waals surface area contributed by atoms with Crippen molar-refractivity contribution in [1.82, 2.24) is 4.98 Å². The number of anilines is 2. The van der Waals surface area contributed by atoms with E-state index >= 15 is 0 Å². The third kappa shape index (κ3) is 4.85. The summed E-state index contributed by atoms with van der Waals surface area (Å²) in [7, 11) is 0. The van der Waals surface area contributed by atoms with Crippen LogP contribution in [0.3, 0.4) is 0 Å². The van der Waals surface area contributed by atoms with Crippen molar-refractivity contribution in [3.05, 3.63) is 68.8 Å². The lowest BCUT2D eigenvalue weighted by molar-refractivity contribution is 0.305. The van der Waals surface area contributed by atoms with Crippen molar-refractivity contribution in [2.24, 2.45) is 5.10 Å². The zero-order valence-corrected chi connectivity index (χ0v) is 15.6. The van der Waals surface area contributed by atoms with E-state index in [4.69, 9.17) is 33.7 Å². The molecule has 0 saturated carbocycles. The average Bonchev–Trinajstić information content (AvgIpc) is 3.01. The molecule has 0 aliphatic carbocycles. The van der Waals surface area contributed by atoms with Crippen LogP contribution in [0.15, 0.2) is 46.9 Å². The van der Waals surface area contributed by atoms with Crippen LogP contribution in [0.2, 0.25) is 10.0 Å². The minimum atomic E-state index is -0.396. The van der Waals surface area contributed by atoms with Crippen LogP contribution in [-0.2, 0) is 6.61 Å². The first kappa shape index (κ1) is 18.4. The molecule has 0 amide bonds. The highest BCUT2D eigenvalue weighted by Crippen LogP contribution is 2.25. The third-order valence-corrected chi connectivity index (χ3v) is 4.61. The van der Waals surface area contributed by atoms with Gasteiger partial charge in [0.25, 0.3) is 0 Å². The fourth-order valence-corrected chi connectivity index (χ4v) is 2.99. The molecule has 0 atom stereocenters. The highest BCUT2D eigenvalue weighted by molar-refractivity contribution is 7.14. The van der Waals surface area contributed by atoms with E-state index in [1.54, 1.807) is 35.9 Å². The van der Waals surface area contributed by atoms with Crippen molar-refractivity contribution in [3.8, 4) is 5.75 Å².